The molecule has 3 fully saturated rings. The lowest BCUT2D eigenvalue weighted by Crippen LogP contribution is -2.67. The summed E-state index contributed by atoms with van der Waals surface area (Å²) < 4.78 is 0. The van der Waals surface area contributed by atoms with Crippen LogP contribution < -0.4 is 10.2 Å². The molecule has 2 atom stereocenters. The van der Waals surface area contributed by atoms with Crippen LogP contribution in [0, 0.1) is 0 Å². The van der Waals surface area contributed by atoms with Gasteiger partial charge in [0.15, 0.2) is 0 Å². The molecule has 2 unspecified atom stereocenters. The number of nitrogens with zero attached hydrogens (tertiary/aromatic N) is 1. The maximum Gasteiger partial charge on any atom is 0.0407 e. The lowest BCUT2D eigenvalue weighted by Gasteiger charge is -2.49. The molecule has 3 heterocycles. The van der Waals surface area contributed by atoms with E-state index in [1.165, 1.54) is 12.1 Å². The van der Waals surface area contributed by atoms with Gasteiger partial charge >= 0.3 is 0 Å². The van der Waals surface area contributed by atoms with Crippen LogP contribution in [0.1, 0.15) is 6.42 Å². The maximum atomic E-state index is 5.86. The van der Waals surface area contributed by atoms with E-state index in [1.807, 2.05) is 12.1 Å². The van der Waals surface area contributed by atoms with Gasteiger partial charge in [0.05, 0.1) is 0 Å². The molecule has 0 amide bonds. The first-order valence-corrected chi connectivity index (χ1v) is 5.45. The fourth-order valence-electron chi connectivity index (χ4n) is 2.38. The van der Waals surface area contributed by atoms with E-state index in [-0.39, 0.29) is 0 Å². The predicted molar refractivity (Wildman–Crippen MR) is 59.0 cm³/mol. The van der Waals surface area contributed by atoms with E-state index in [9.17, 15) is 0 Å². The molecule has 3 saturated heterocycles. The Morgan fingerprint density at radius 3 is 2.29 bits per heavy atom. The van der Waals surface area contributed by atoms with Gasteiger partial charge in [-0.15, -0.1) is 0 Å². The van der Waals surface area contributed by atoms with Crippen LogP contribution in [0.2, 0.25) is 5.02 Å². The topological polar surface area (TPSA) is 15.3 Å². The van der Waals surface area contributed by atoms with Crippen molar-refractivity contribution in [3.8, 4) is 0 Å². The number of hydrogen-bond acceptors (Lipinski definition) is 2. The van der Waals surface area contributed by atoms with Gasteiger partial charge in [-0.3, -0.25) is 0 Å². The number of rotatable bonds is 1. The Balaban J connectivity index is 1.79. The molecule has 0 aliphatic carbocycles. The molecule has 1 N–H and O–H groups in total. The summed E-state index contributed by atoms with van der Waals surface area (Å²) in [5.41, 5.74) is 1.30. The van der Waals surface area contributed by atoms with Crippen LogP contribution in [0.3, 0.4) is 0 Å². The van der Waals surface area contributed by atoms with E-state index in [0.29, 0.717) is 12.1 Å². The predicted octanol–water partition coefficient (Wildman–Crippen LogP) is 1.89. The molecule has 2 nitrogen and oxygen atoms in total. The molecule has 2 bridgehead atoms. The highest BCUT2D eigenvalue weighted by atomic mass is 35.5. The second-order valence-corrected chi connectivity index (χ2v) is 4.61. The van der Waals surface area contributed by atoms with Crippen molar-refractivity contribution in [2.24, 2.45) is 0 Å². The largest absolute Gasteiger partial charge is 0.368 e. The Morgan fingerprint density at radius 2 is 1.71 bits per heavy atom. The minimum Gasteiger partial charge on any atom is -0.368 e. The molecule has 3 heteroatoms. The van der Waals surface area contributed by atoms with Gasteiger partial charge in [-0.2, -0.15) is 0 Å². The van der Waals surface area contributed by atoms with E-state index in [4.69, 9.17) is 11.6 Å². The fourth-order valence-corrected chi connectivity index (χ4v) is 2.50. The van der Waals surface area contributed by atoms with Crippen molar-refractivity contribution < 1.29 is 0 Å². The SMILES string of the molecule is Clc1ccc(N2CC3CC(C2)N3)cc1. The van der Waals surface area contributed by atoms with Crippen molar-refractivity contribution in [2.75, 3.05) is 18.0 Å². The summed E-state index contributed by atoms with van der Waals surface area (Å²) in [6.45, 7) is 2.27. The third kappa shape index (κ3) is 1.39. The molecule has 74 valence electrons. The Kier molecular flexibility index (Phi) is 1.92. The number of nitrogens with one attached hydrogen (secondary N) is 1. The van der Waals surface area contributed by atoms with Gasteiger partial charge in [0.1, 0.15) is 0 Å². The number of anilines is 1. The number of piperazine rings is 1. The molecule has 4 rings (SSSR count). The molecular formula is C11H13ClN2. The van der Waals surface area contributed by atoms with Gasteiger partial charge in [0, 0.05) is 35.9 Å². The number of benzene rings is 1. The van der Waals surface area contributed by atoms with E-state index in [2.05, 4.69) is 22.3 Å². The van der Waals surface area contributed by atoms with Crippen molar-refractivity contribution in [3.63, 3.8) is 0 Å². The summed E-state index contributed by atoms with van der Waals surface area (Å²) in [6.07, 6.45) is 1.35. The van der Waals surface area contributed by atoms with E-state index >= 15 is 0 Å². The highest BCUT2D eigenvalue weighted by molar-refractivity contribution is 6.30. The van der Waals surface area contributed by atoms with Crippen LogP contribution >= 0.6 is 11.6 Å². The van der Waals surface area contributed by atoms with Crippen LogP contribution in [0.5, 0.6) is 0 Å². The van der Waals surface area contributed by atoms with Crippen molar-refractivity contribution in [3.05, 3.63) is 29.3 Å². The minimum atomic E-state index is 0.712. The Labute approximate surface area is 88.9 Å². The number of hydrogen-bond donors (Lipinski definition) is 1. The molecule has 1 aromatic carbocycles. The average molecular weight is 209 g/mol. The van der Waals surface area contributed by atoms with Gasteiger partial charge in [-0.1, -0.05) is 11.6 Å². The molecule has 0 radical (unpaired) electrons. The Hall–Kier alpha value is -0.730. The second kappa shape index (κ2) is 3.14. The van der Waals surface area contributed by atoms with Gasteiger partial charge in [-0.25, -0.2) is 0 Å². The standard InChI is InChI=1S/C11H13ClN2/c12-8-1-3-11(4-2-8)14-6-9-5-10(7-14)13-9/h1-4,9-10,13H,5-7H2. The zero-order valence-electron chi connectivity index (χ0n) is 7.91. The Bertz CT molecular complexity index is 320. The number of piperidine rings is 1. The molecule has 0 aromatic heterocycles. The Morgan fingerprint density at radius 1 is 1.14 bits per heavy atom. The zero-order valence-corrected chi connectivity index (χ0v) is 8.67. The highest BCUT2D eigenvalue weighted by Gasteiger charge is 2.36. The van der Waals surface area contributed by atoms with E-state index in [1.54, 1.807) is 0 Å². The summed E-state index contributed by atoms with van der Waals surface area (Å²) >= 11 is 5.86. The third-order valence-corrected chi connectivity index (χ3v) is 3.37. The van der Waals surface area contributed by atoms with Crippen LogP contribution in [-0.2, 0) is 0 Å². The first kappa shape index (κ1) is 8.57. The molecule has 3 aliphatic rings. The molecule has 14 heavy (non-hydrogen) atoms. The molecule has 3 aliphatic heterocycles. The number of fused-ring (bicyclic) bond motifs is 2. The second-order valence-electron chi connectivity index (χ2n) is 4.18. The third-order valence-electron chi connectivity index (χ3n) is 3.11. The first-order chi connectivity index (χ1) is 6.81. The normalized spacial score (nSPS) is 29.9. The molecular weight excluding hydrogens is 196 g/mol. The molecule has 0 saturated carbocycles. The fraction of sp³-hybridized carbons (Fsp3) is 0.455. The van der Waals surface area contributed by atoms with Gasteiger partial charge in [0.25, 0.3) is 0 Å². The molecule has 1 aromatic rings. The smallest absolute Gasteiger partial charge is 0.0407 e. The summed E-state index contributed by atoms with van der Waals surface area (Å²) in [5.74, 6) is 0. The summed E-state index contributed by atoms with van der Waals surface area (Å²) in [5, 5.41) is 4.34. The number of halogens is 1. The van der Waals surface area contributed by atoms with Gasteiger partial charge < -0.3 is 10.2 Å². The lowest BCUT2D eigenvalue weighted by atomic mass is 9.91. The van der Waals surface area contributed by atoms with E-state index < -0.39 is 0 Å². The van der Waals surface area contributed by atoms with Crippen molar-refractivity contribution in [2.45, 2.75) is 18.5 Å². The average Bonchev–Trinajstić information content (AvgIpc) is 2.18. The minimum absolute atomic E-state index is 0.712. The summed E-state index contributed by atoms with van der Waals surface area (Å²) in [6, 6.07) is 9.56. The van der Waals surface area contributed by atoms with Crippen LogP contribution in [0.25, 0.3) is 0 Å². The highest BCUT2D eigenvalue weighted by Crippen LogP contribution is 2.26. The summed E-state index contributed by atoms with van der Waals surface area (Å²) in [7, 11) is 0. The first-order valence-electron chi connectivity index (χ1n) is 5.08. The van der Waals surface area contributed by atoms with Crippen LogP contribution in [0.4, 0.5) is 5.69 Å². The van der Waals surface area contributed by atoms with Crippen molar-refractivity contribution in [1.29, 1.82) is 0 Å². The lowest BCUT2D eigenvalue weighted by molar-refractivity contribution is 0.226. The van der Waals surface area contributed by atoms with Crippen molar-refractivity contribution in [1.82, 2.24) is 5.32 Å². The molecule has 0 spiro atoms. The zero-order chi connectivity index (χ0) is 9.54. The van der Waals surface area contributed by atoms with Crippen molar-refractivity contribution >= 4 is 17.3 Å². The maximum absolute atomic E-state index is 5.86. The quantitative estimate of drug-likeness (QED) is 0.759. The van der Waals surface area contributed by atoms with Crippen LogP contribution in [-0.4, -0.2) is 25.2 Å². The summed E-state index contributed by atoms with van der Waals surface area (Å²) in [4.78, 5) is 2.44. The van der Waals surface area contributed by atoms with Gasteiger partial charge in [-0.05, 0) is 30.7 Å². The monoisotopic (exact) mass is 208 g/mol. The van der Waals surface area contributed by atoms with E-state index in [0.717, 1.165) is 18.1 Å². The van der Waals surface area contributed by atoms with Gasteiger partial charge in [0.2, 0.25) is 0 Å². The van der Waals surface area contributed by atoms with Crippen LogP contribution in [0.15, 0.2) is 24.3 Å².